The van der Waals surface area contributed by atoms with E-state index in [1.54, 1.807) is 12.2 Å². The van der Waals surface area contributed by atoms with Crippen molar-refractivity contribution in [2.75, 3.05) is 18.0 Å². The molecule has 0 unspecified atom stereocenters. The van der Waals surface area contributed by atoms with Gasteiger partial charge in [0, 0.05) is 31.4 Å². The van der Waals surface area contributed by atoms with Gasteiger partial charge >= 0.3 is 18.2 Å². The Bertz CT molecular complexity index is 826. The molecule has 0 aromatic carbocycles. The zero-order chi connectivity index (χ0) is 18.9. The number of carboxylic acids is 1. The molecule has 2 amide bonds. The van der Waals surface area contributed by atoms with Crippen molar-refractivity contribution in [3.63, 3.8) is 0 Å². The molecule has 0 atom stereocenters. The first kappa shape index (κ1) is 17.7. The average Bonchev–Trinajstić information content (AvgIpc) is 2.81. The molecular formula is C17H14F3N3O3. The van der Waals surface area contributed by atoms with Crippen molar-refractivity contribution in [2.45, 2.75) is 12.6 Å². The summed E-state index contributed by atoms with van der Waals surface area (Å²) in [7, 11) is 0. The first-order chi connectivity index (χ1) is 12.3. The first-order valence-electron chi connectivity index (χ1n) is 7.70. The average molecular weight is 365 g/mol. The fourth-order valence-electron chi connectivity index (χ4n) is 2.70. The quantitative estimate of drug-likeness (QED) is 0.893. The topological polar surface area (TPSA) is 73.7 Å². The van der Waals surface area contributed by atoms with Crippen molar-refractivity contribution in [1.82, 2.24) is 9.88 Å². The number of carbonyl (C=O) groups excluding carboxylic acids is 1. The number of hydrogen-bond acceptors (Lipinski definition) is 3. The second-order valence-corrected chi connectivity index (χ2v) is 5.67. The normalized spacial score (nSPS) is 17.9. The molecule has 1 saturated heterocycles. The highest BCUT2D eigenvalue weighted by Crippen LogP contribution is 2.30. The number of aromatic nitrogens is 1. The van der Waals surface area contributed by atoms with E-state index in [1.807, 2.05) is 0 Å². The first-order valence-corrected chi connectivity index (χ1v) is 7.70. The summed E-state index contributed by atoms with van der Waals surface area (Å²) in [5, 5.41) is 9.02. The number of hydrogen-bond donors (Lipinski definition) is 1. The van der Waals surface area contributed by atoms with Crippen molar-refractivity contribution in [2.24, 2.45) is 0 Å². The number of amides is 2. The van der Waals surface area contributed by atoms with Gasteiger partial charge in [-0.15, -0.1) is 0 Å². The molecule has 1 fully saturated rings. The summed E-state index contributed by atoms with van der Waals surface area (Å²) in [5.41, 5.74) is -0.145. The molecule has 3 rings (SSSR count). The van der Waals surface area contributed by atoms with Gasteiger partial charge in [-0.2, -0.15) is 13.2 Å². The van der Waals surface area contributed by atoms with Crippen LogP contribution in [-0.4, -0.2) is 40.1 Å². The Balaban J connectivity index is 1.75. The van der Waals surface area contributed by atoms with Crippen LogP contribution >= 0.6 is 0 Å². The summed E-state index contributed by atoms with van der Waals surface area (Å²) in [6.07, 6.45) is 2.60. The van der Waals surface area contributed by atoms with Crippen LogP contribution in [-0.2, 0) is 11.0 Å². The SMILES string of the molecule is O=C(O)C1=CCC(N2CCN(c3ccc(C(F)(F)F)cn3)C2=O)=CC=C1. The molecule has 0 saturated carbocycles. The molecule has 1 aromatic heterocycles. The van der Waals surface area contributed by atoms with Gasteiger partial charge in [0.05, 0.1) is 11.1 Å². The number of alkyl halides is 3. The number of pyridine rings is 1. The summed E-state index contributed by atoms with van der Waals surface area (Å²) in [4.78, 5) is 30.1. The molecule has 6 nitrogen and oxygen atoms in total. The molecular weight excluding hydrogens is 351 g/mol. The summed E-state index contributed by atoms with van der Waals surface area (Å²) in [6, 6.07) is 1.63. The minimum atomic E-state index is -4.49. The van der Waals surface area contributed by atoms with E-state index < -0.39 is 23.7 Å². The number of carbonyl (C=O) groups is 2. The van der Waals surface area contributed by atoms with Crippen LogP contribution in [0.15, 0.2) is 53.9 Å². The van der Waals surface area contributed by atoms with Crippen molar-refractivity contribution < 1.29 is 27.9 Å². The van der Waals surface area contributed by atoms with Crippen molar-refractivity contribution in [3.8, 4) is 0 Å². The van der Waals surface area contributed by atoms with Crippen LogP contribution in [0.5, 0.6) is 0 Å². The van der Waals surface area contributed by atoms with Gasteiger partial charge in [-0.25, -0.2) is 14.6 Å². The van der Waals surface area contributed by atoms with Gasteiger partial charge in [0.25, 0.3) is 0 Å². The standard InChI is InChI=1S/C17H14F3N3O3/c18-17(19,20)12-5-7-14(21-10-12)23-9-8-22(16(23)26)13-3-1-2-11(4-6-13)15(24)25/h1-5,7,10H,6,8-9H2,(H,24,25). The van der Waals surface area contributed by atoms with Crippen LogP contribution in [0.2, 0.25) is 0 Å². The summed E-state index contributed by atoms with van der Waals surface area (Å²) >= 11 is 0. The zero-order valence-corrected chi connectivity index (χ0v) is 13.4. The predicted octanol–water partition coefficient (Wildman–Crippen LogP) is 3.20. The van der Waals surface area contributed by atoms with Crippen LogP contribution < -0.4 is 4.90 Å². The summed E-state index contributed by atoms with van der Waals surface area (Å²) < 4.78 is 37.8. The maximum Gasteiger partial charge on any atom is 0.417 e. The molecule has 136 valence electrons. The molecule has 1 aliphatic carbocycles. The van der Waals surface area contributed by atoms with E-state index in [0.717, 1.165) is 12.1 Å². The van der Waals surface area contributed by atoms with Crippen LogP contribution in [0.3, 0.4) is 0 Å². The van der Waals surface area contributed by atoms with E-state index in [9.17, 15) is 22.8 Å². The minimum Gasteiger partial charge on any atom is -0.478 e. The fraction of sp³-hybridized carbons (Fsp3) is 0.235. The number of aliphatic carboxylic acids is 1. The van der Waals surface area contributed by atoms with E-state index in [-0.39, 0.29) is 24.4 Å². The van der Waals surface area contributed by atoms with Crippen molar-refractivity contribution in [1.29, 1.82) is 0 Å². The number of urea groups is 1. The second-order valence-electron chi connectivity index (χ2n) is 5.67. The third kappa shape index (κ3) is 3.46. The van der Waals surface area contributed by atoms with Gasteiger partial charge in [-0.05, 0) is 24.3 Å². The highest BCUT2D eigenvalue weighted by atomic mass is 19.4. The maximum atomic E-state index is 12.6. The largest absolute Gasteiger partial charge is 0.478 e. The molecule has 1 aromatic rings. The molecule has 2 heterocycles. The number of rotatable bonds is 3. The fourth-order valence-corrected chi connectivity index (χ4v) is 2.70. The molecule has 0 spiro atoms. The lowest BCUT2D eigenvalue weighted by atomic mass is 10.2. The lowest BCUT2D eigenvalue weighted by Gasteiger charge is -2.20. The summed E-state index contributed by atoms with van der Waals surface area (Å²) in [6.45, 7) is 0.602. The Hall–Kier alpha value is -3.10. The van der Waals surface area contributed by atoms with Crippen LogP contribution in [0.1, 0.15) is 12.0 Å². The third-order valence-corrected chi connectivity index (χ3v) is 4.05. The number of halogens is 3. The van der Waals surface area contributed by atoms with Crippen LogP contribution in [0.25, 0.3) is 0 Å². The Morgan fingerprint density at radius 1 is 1.19 bits per heavy atom. The lowest BCUT2D eigenvalue weighted by molar-refractivity contribution is -0.138. The van der Waals surface area contributed by atoms with Crippen LogP contribution in [0.4, 0.5) is 23.8 Å². The molecule has 9 heteroatoms. The van der Waals surface area contributed by atoms with Gasteiger partial charge in [-0.1, -0.05) is 12.2 Å². The van der Waals surface area contributed by atoms with Crippen molar-refractivity contribution in [3.05, 3.63) is 59.5 Å². The highest BCUT2D eigenvalue weighted by molar-refractivity contribution is 5.94. The third-order valence-electron chi connectivity index (χ3n) is 4.05. The molecule has 1 aliphatic heterocycles. The van der Waals surface area contributed by atoms with Gasteiger partial charge in [0.2, 0.25) is 0 Å². The van der Waals surface area contributed by atoms with Gasteiger partial charge in [0.1, 0.15) is 5.82 Å². The molecule has 1 N–H and O–H groups in total. The van der Waals surface area contributed by atoms with Gasteiger partial charge in [0.15, 0.2) is 0 Å². The molecule has 0 radical (unpaired) electrons. The van der Waals surface area contributed by atoms with Crippen molar-refractivity contribution >= 4 is 17.8 Å². The predicted molar refractivity (Wildman–Crippen MR) is 86.2 cm³/mol. The van der Waals surface area contributed by atoms with E-state index in [4.69, 9.17) is 5.11 Å². The Kier molecular flexibility index (Phi) is 4.54. The monoisotopic (exact) mass is 365 g/mol. The zero-order valence-electron chi connectivity index (χ0n) is 13.4. The van der Waals surface area contributed by atoms with Crippen LogP contribution in [0, 0.1) is 0 Å². The summed E-state index contributed by atoms with van der Waals surface area (Å²) in [5.74, 6) is -0.920. The van der Waals surface area contributed by atoms with Gasteiger partial charge < -0.3 is 5.11 Å². The number of nitrogens with zero attached hydrogens (tertiary/aromatic N) is 3. The molecule has 26 heavy (non-hydrogen) atoms. The minimum absolute atomic E-state index is 0.129. The van der Waals surface area contributed by atoms with Gasteiger partial charge in [-0.3, -0.25) is 9.80 Å². The van der Waals surface area contributed by atoms with E-state index in [0.29, 0.717) is 18.4 Å². The lowest BCUT2D eigenvalue weighted by Crippen LogP contribution is -2.31. The smallest absolute Gasteiger partial charge is 0.417 e. The molecule has 0 bridgehead atoms. The molecule has 2 aliphatic rings. The highest BCUT2D eigenvalue weighted by Gasteiger charge is 2.34. The van der Waals surface area contributed by atoms with E-state index in [1.165, 1.54) is 22.0 Å². The Morgan fingerprint density at radius 3 is 2.54 bits per heavy atom. The Morgan fingerprint density at radius 2 is 1.92 bits per heavy atom. The number of carboxylic acid groups (broad SMARTS) is 1. The maximum absolute atomic E-state index is 12.6. The number of anilines is 1. The number of allylic oxidation sites excluding steroid dienone is 3. The second kappa shape index (κ2) is 6.66. The van der Waals surface area contributed by atoms with E-state index in [2.05, 4.69) is 4.98 Å². The van der Waals surface area contributed by atoms with E-state index >= 15 is 0 Å². The Labute approximate surface area is 146 Å².